The summed E-state index contributed by atoms with van der Waals surface area (Å²) in [5.74, 6) is 0. The zero-order valence-electron chi connectivity index (χ0n) is 11.8. The van der Waals surface area contributed by atoms with Crippen molar-refractivity contribution >= 4 is 11.3 Å². The van der Waals surface area contributed by atoms with E-state index in [-0.39, 0.29) is 11.1 Å². The third-order valence-corrected chi connectivity index (χ3v) is 4.45. The molecule has 0 saturated heterocycles. The summed E-state index contributed by atoms with van der Waals surface area (Å²) in [6.45, 7) is 8.48. The van der Waals surface area contributed by atoms with Crippen LogP contribution in [0.4, 0.5) is 0 Å². The van der Waals surface area contributed by atoms with Gasteiger partial charge < -0.3 is 10.1 Å². The molecular weight excluding hydrogens is 242 g/mol. The Bertz CT molecular complexity index is 349. The van der Waals surface area contributed by atoms with Crippen molar-refractivity contribution in [2.75, 3.05) is 6.54 Å². The molecule has 3 heteroatoms. The second-order valence-electron chi connectivity index (χ2n) is 6.33. The predicted octanol–water partition coefficient (Wildman–Crippen LogP) is 3.97. The van der Waals surface area contributed by atoms with Crippen molar-refractivity contribution in [2.45, 2.75) is 64.2 Å². The molecule has 0 spiro atoms. The SMILES string of the molecule is CC(C)(C)NCCC1(OCc2cccs2)CCC1. The minimum absolute atomic E-state index is 0.155. The molecule has 1 aliphatic carbocycles. The van der Waals surface area contributed by atoms with E-state index in [1.807, 2.05) is 0 Å². The molecule has 2 nitrogen and oxygen atoms in total. The summed E-state index contributed by atoms with van der Waals surface area (Å²) < 4.78 is 6.20. The van der Waals surface area contributed by atoms with Gasteiger partial charge in [-0.05, 0) is 64.4 Å². The van der Waals surface area contributed by atoms with Gasteiger partial charge in [-0.2, -0.15) is 0 Å². The van der Waals surface area contributed by atoms with Crippen molar-refractivity contribution in [3.8, 4) is 0 Å². The molecule has 0 atom stereocenters. The van der Waals surface area contributed by atoms with Gasteiger partial charge in [0, 0.05) is 10.4 Å². The average Bonchev–Trinajstić information content (AvgIpc) is 2.71. The summed E-state index contributed by atoms with van der Waals surface area (Å²) in [4.78, 5) is 1.34. The maximum atomic E-state index is 6.20. The minimum Gasteiger partial charge on any atom is -0.369 e. The van der Waals surface area contributed by atoms with Gasteiger partial charge >= 0.3 is 0 Å². The maximum Gasteiger partial charge on any atom is 0.0816 e. The Hall–Kier alpha value is -0.380. The summed E-state index contributed by atoms with van der Waals surface area (Å²) in [5.41, 5.74) is 0.362. The van der Waals surface area contributed by atoms with Gasteiger partial charge in [0.15, 0.2) is 0 Å². The lowest BCUT2D eigenvalue weighted by atomic mass is 9.77. The van der Waals surface area contributed by atoms with Gasteiger partial charge in [0.1, 0.15) is 0 Å². The van der Waals surface area contributed by atoms with Crippen molar-refractivity contribution in [1.82, 2.24) is 5.32 Å². The number of hydrogen-bond acceptors (Lipinski definition) is 3. The fourth-order valence-electron chi connectivity index (χ4n) is 2.32. The molecule has 0 aliphatic heterocycles. The van der Waals surface area contributed by atoms with E-state index in [9.17, 15) is 0 Å². The first kappa shape index (κ1) is 14.0. The first-order chi connectivity index (χ1) is 8.49. The quantitative estimate of drug-likeness (QED) is 0.842. The summed E-state index contributed by atoms with van der Waals surface area (Å²) in [5, 5.41) is 5.68. The highest BCUT2D eigenvalue weighted by atomic mass is 32.1. The van der Waals surface area contributed by atoms with Gasteiger partial charge in [-0.15, -0.1) is 11.3 Å². The normalized spacial score (nSPS) is 18.6. The molecule has 0 bridgehead atoms. The molecule has 1 aromatic rings. The Morgan fingerprint density at radius 1 is 1.39 bits per heavy atom. The highest BCUT2D eigenvalue weighted by Gasteiger charge is 2.37. The second-order valence-corrected chi connectivity index (χ2v) is 7.36. The van der Waals surface area contributed by atoms with E-state index in [0.29, 0.717) is 0 Å². The molecule has 102 valence electrons. The van der Waals surface area contributed by atoms with Crippen LogP contribution in [0.1, 0.15) is 51.3 Å². The van der Waals surface area contributed by atoms with Crippen LogP contribution in [-0.4, -0.2) is 17.7 Å². The van der Waals surface area contributed by atoms with Crippen LogP contribution >= 0.6 is 11.3 Å². The van der Waals surface area contributed by atoms with Gasteiger partial charge in [0.05, 0.1) is 12.2 Å². The van der Waals surface area contributed by atoms with Crippen LogP contribution in [0.5, 0.6) is 0 Å². The van der Waals surface area contributed by atoms with Gasteiger partial charge in [-0.1, -0.05) is 6.07 Å². The molecule has 0 unspecified atom stereocenters. The zero-order chi connectivity index (χ0) is 13.1. The number of rotatable bonds is 6. The zero-order valence-corrected chi connectivity index (χ0v) is 12.6. The largest absolute Gasteiger partial charge is 0.369 e. The first-order valence-corrected chi connectivity index (χ1v) is 7.79. The molecule has 1 heterocycles. The maximum absolute atomic E-state index is 6.20. The van der Waals surface area contributed by atoms with Crippen molar-refractivity contribution in [3.63, 3.8) is 0 Å². The molecule has 1 aliphatic rings. The Balaban J connectivity index is 1.76. The summed E-state index contributed by atoms with van der Waals surface area (Å²) in [6, 6.07) is 4.25. The van der Waals surface area contributed by atoms with Gasteiger partial charge in [-0.25, -0.2) is 0 Å². The summed E-state index contributed by atoms with van der Waals surface area (Å²) in [6.07, 6.45) is 4.91. The van der Waals surface area contributed by atoms with Crippen LogP contribution in [0.3, 0.4) is 0 Å². The predicted molar refractivity (Wildman–Crippen MR) is 78.1 cm³/mol. The summed E-state index contributed by atoms with van der Waals surface area (Å²) >= 11 is 1.79. The van der Waals surface area contributed by atoms with E-state index < -0.39 is 0 Å². The van der Waals surface area contributed by atoms with Crippen LogP contribution in [0.15, 0.2) is 17.5 Å². The first-order valence-electron chi connectivity index (χ1n) is 6.91. The number of thiophene rings is 1. The lowest BCUT2D eigenvalue weighted by Crippen LogP contribution is -2.45. The van der Waals surface area contributed by atoms with Crippen molar-refractivity contribution in [1.29, 1.82) is 0 Å². The van der Waals surface area contributed by atoms with E-state index in [2.05, 4.69) is 43.6 Å². The fraction of sp³-hybridized carbons (Fsp3) is 0.733. The van der Waals surface area contributed by atoms with Gasteiger partial charge in [-0.3, -0.25) is 0 Å². The van der Waals surface area contributed by atoms with E-state index in [0.717, 1.165) is 19.6 Å². The average molecular weight is 267 g/mol. The minimum atomic E-state index is 0.155. The molecule has 0 radical (unpaired) electrons. The highest BCUT2D eigenvalue weighted by Crippen LogP contribution is 2.39. The molecular formula is C15H25NOS. The van der Waals surface area contributed by atoms with Crippen LogP contribution in [0.2, 0.25) is 0 Å². The molecule has 1 fully saturated rings. The van der Waals surface area contributed by atoms with Crippen LogP contribution in [0, 0.1) is 0 Å². The third kappa shape index (κ3) is 4.08. The smallest absolute Gasteiger partial charge is 0.0816 e. The molecule has 1 aromatic heterocycles. The monoisotopic (exact) mass is 267 g/mol. The third-order valence-electron chi connectivity index (χ3n) is 3.60. The van der Waals surface area contributed by atoms with Gasteiger partial charge in [0.2, 0.25) is 0 Å². The van der Waals surface area contributed by atoms with Crippen molar-refractivity contribution in [3.05, 3.63) is 22.4 Å². The highest BCUT2D eigenvalue weighted by molar-refractivity contribution is 7.09. The fourth-order valence-corrected chi connectivity index (χ4v) is 2.94. The Kier molecular flexibility index (Phi) is 4.46. The molecule has 18 heavy (non-hydrogen) atoms. The van der Waals surface area contributed by atoms with E-state index in [1.165, 1.54) is 24.1 Å². The second kappa shape index (κ2) is 5.72. The molecule has 0 amide bonds. The Morgan fingerprint density at radius 3 is 2.67 bits per heavy atom. The molecule has 2 rings (SSSR count). The molecule has 0 aromatic carbocycles. The lowest BCUT2D eigenvalue weighted by Gasteiger charge is -2.42. The Labute approximate surface area is 115 Å². The van der Waals surface area contributed by atoms with Crippen molar-refractivity contribution < 1.29 is 4.74 Å². The van der Waals surface area contributed by atoms with E-state index in [4.69, 9.17) is 4.74 Å². The van der Waals surface area contributed by atoms with Crippen molar-refractivity contribution in [2.24, 2.45) is 0 Å². The standard InChI is InChI=1S/C15H25NOS/c1-14(2,3)16-10-9-15(7-5-8-15)17-12-13-6-4-11-18-13/h4,6,11,16H,5,7-10,12H2,1-3H3. The Morgan fingerprint density at radius 2 is 2.17 bits per heavy atom. The van der Waals surface area contributed by atoms with E-state index in [1.54, 1.807) is 11.3 Å². The van der Waals surface area contributed by atoms with Crippen LogP contribution in [-0.2, 0) is 11.3 Å². The van der Waals surface area contributed by atoms with E-state index >= 15 is 0 Å². The topological polar surface area (TPSA) is 21.3 Å². The molecule has 1 saturated carbocycles. The number of ether oxygens (including phenoxy) is 1. The lowest BCUT2D eigenvalue weighted by molar-refractivity contribution is -0.113. The number of hydrogen-bond donors (Lipinski definition) is 1. The summed E-state index contributed by atoms with van der Waals surface area (Å²) in [7, 11) is 0. The molecule has 1 N–H and O–H groups in total. The van der Waals surface area contributed by atoms with Crippen LogP contribution in [0.25, 0.3) is 0 Å². The number of nitrogens with one attached hydrogen (secondary N) is 1. The van der Waals surface area contributed by atoms with Crippen LogP contribution < -0.4 is 5.32 Å². The van der Waals surface area contributed by atoms with Gasteiger partial charge in [0.25, 0.3) is 0 Å².